The zero-order valence-corrected chi connectivity index (χ0v) is 18.3. The molecule has 0 heterocycles. The van der Waals surface area contributed by atoms with E-state index in [-0.39, 0.29) is 5.92 Å². The molecule has 0 amide bonds. The second kappa shape index (κ2) is 14.3. The molecule has 5 heteroatoms. The van der Waals surface area contributed by atoms with Gasteiger partial charge in [-0.1, -0.05) is 57.4 Å². The maximum Gasteiger partial charge on any atom is 0.305 e. The van der Waals surface area contributed by atoms with Crippen molar-refractivity contribution in [1.29, 1.82) is 0 Å². The quantitative estimate of drug-likeness (QED) is 0.192. The molecule has 1 aliphatic carbocycles. The zero-order valence-electron chi connectivity index (χ0n) is 18.3. The van der Waals surface area contributed by atoms with Gasteiger partial charge in [0.25, 0.3) is 6.29 Å². The number of hydrogen-bond donors (Lipinski definition) is 1. The van der Waals surface area contributed by atoms with E-state index in [1.807, 2.05) is 12.2 Å². The number of ketones is 2. The number of esters is 1. The highest BCUT2D eigenvalue weighted by atomic mass is 16.6. The van der Waals surface area contributed by atoms with E-state index in [9.17, 15) is 19.5 Å². The number of aliphatic hydroxyl groups excluding tert-OH is 1. The molecule has 1 N–H and O–H groups in total. The molecule has 0 radical (unpaired) electrons. The van der Waals surface area contributed by atoms with Gasteiger partial charge in [0.2, 0.25) is 5.78 Å². The van der Waals surface area contributed by atoms with Crippen molar-refractivity contribution in [2.45, 2.75) is 91.3 Å². The monoisotopic (exact) mass is 406 g/mol. The fourth-order valence-electron chi connectivity index (χ4n) is 3.74. The van der Waals surface area contributed by atoms with Gasteiger partial charge in [-0.15, -0.1) is 0 Å². The Hall–Kier alpha value is -1.75. The normalized spacial score (nSPS) is 21.7. The van der Waals surface area contributed by atoms with Crippen molar-refractivity contribution in [2.75, 3.05) is 0 Å². The fourth-order valence-corrected chi connectivity index (χ4v) is 3.74. The molecule has 164 valence electrons. The molecule has 4 atom stereocenters. The van der Waals surface area contributed by atoms with Crippen molar-refractivity contribution >= 4 is 17.5 Å². The van der Waals surface area contributed by atoms with E-state index in [0.717, 1.165) is 26.2 Å². The van der Waals surface area contributed by atoms with Crippen molar-refractivity contribution in [3.05, 3.63) is 24.3 Å². The Bertz CT molecular complexity index is 578. The summed E-state index contributed by atoms with van der Waals surface area (Å²) in [6.45, 7) is 5.08. The lowest BCUT2D eigenvalue weighted by Gasteiger charge is -2.14. The standard InChI is InChI=1S/C24H38O5/c1-4-5-6-7-8-11-14-20-16-17-22(26)21(20)15-12-9-10-13-18(2)23(27)24(28)29-19(3)25/h9,11-12,14,18,20-21,24,28H,4-8,10,13,15-17H2,1-3H3/t18?,20-,21+,24?/m0/s1. The number of unbranched alkanes of at least 4 members (excludes halogenated alkanes) is 4. The Morgan fingerprint density at radius 2 is 1.93 bits per heavy atom. The van der Waals surface area contributed by atoms with Crippen LogP contribution >= 0.6 is 0 Å². The maximum atomic E-state index is 12.2. The van der Waals surface area contributed by atoms with Crippen LogP contribution < -0.4 is 0 Å². The third-order valence-electron chi connectivity index (χ3n) is 5.59. The summed E-state index contributed by atoms with van der Waals surface area (Å²) in [6.07, 6.45) is 16.6. The van der Waals surface area contributed by atoms with Gasteiger partial charge >= 0.3 is 5.97 Å². The maximum absolute atomic E-state index is 12.2. The Labute approximate surface area is 175 Å². The summed E-state index contributed by atoms with van der Waals surface area (Å²) in [5.74, 6) is -0.790. The van der Waals surface area contributed by atoms with Gasteiger partial charge in [-0.2, -0.15) is 0 Å². The number of ether oxygens (including phenoxy) is 1. The van der Waals surface area contributed by atoms with E-state index in [4.69, 9.17) is 0 Å². The lowest BCUT2D eigenvalue weighted by atomic mass is 9.91. The molecule has 1 aliphatic rings. The SMILES string of the molecule is CCCCCCC=C[C@H]1CCC(=O)[C@@H]1CC=CCCC(C)C(=O)C(O)OC(C)=O. The van der Waals surface area contributed by atoms with Gasteiger partial charge in [0.15, 0.2) is 0 Å². The largest absolute Gasteiger partial charge is 0.428 e. The Balaban J connectivity index is 2.35. The molecule has 0 aliphatic heterocycles. The van der Waals surface area contributed by atoms with Gasteiger partial charge < -0.3 is 9.84 Å². The predicted octanol–water partition coefficient (Wildman–Crippen LogP) is 4.92. The van der Waals surface area contributed by atoms with Crippen LogP contribution in [-0.2, 0) is 19.1 Å². The average molecular weight is 407 g/mol. The first-order chi connectivity index (χ1) is 13.9. The van der Waals surface area contributed by atoms with Gasteiger partial charge in [-0.05, 0) is 44.4 Å². The molecule has 2 unspecified atom stereocenters. The molecule has 1 saturated carbocycles. The van der Waals surface area contributed by atoms with Crippen molar-refractivity contribution in [3.63, 3.8) is 0 Å². The molecule has 5 nitrogen and oxygen atoms in total. The molecule has 0 saturated heterocycles. The highest BCUT2D eigenvalue weighted by Gasteiger charge is 2.31. The van der Waals surface area contributed by atoms with Crippen LogP contribution in [0.1, 0.15) is 85.0 Å². The molecular formula is C24H38O5. The molecule has 0 aromatic carbocycles. The minimum absolute atomic E-state index is 0.0722. The van der Waals surface area contributed by atoms with E-state index in [0.29, 0.717) is 31.0 Å². The highest BCUT2D eigenvalue weighted by Crippen LogP contribution is 2.33. The van der Waals surface area contributed by atoms with E-state index in [2.05, 4.69) is 23.8 Å². The summed E-state index contributed by atoms with van der Waals surface area (Å²) < 4.78 is 4.52. The number of carbonyl (C=O) groups excluding carboxylic acids is 3. The second-order valence-electron chi connectivity index (χ2n) is 8.10. The zero-order chi connectivity index (χ0) is 21.6. The first-order valence-corrected chi connectivity index (χ1v) is 11.1. The number of Topliss-reactive ketones (excluding diaryl/α,β-unsaturated/α-hetero) is 2. The van der Waals surface area contributed by atoms with Gasteiger partial charge in [0, 0.05) is 25.2 Å². The smallest absolute Gasteiger partial charge is 0.305 e. The third kappa shape index (κ3) is 10.0. The van der Waals surface area contributed by atoms with Gasteiger partial charge in [0.05, 0.1) is 0 Å². The van der Waals surface area contributed by atoms with Crippen LogP contribution in [0.5, 0.6) is 0 Å². The van der Waals surface area contributed by atoms with Crippen LogP contribution in [0.15, 0.2) is 24.3 Å². The third-order valence-corrected chi connectivity index (χ3v) is 5.59. The van der Waals surface area contributed by atoms with Crippen molar-refractivity contribution < 1.29 is 24.2 Å². The lowest BCUT2D eigenvalue weighted by molar-refractivity contribution is -0.175. The van der Waals surface area contributed by atoms with Crippen molar-refractivity contribution in [1.82, 2.24) is 0 Å². The van der Waals surface area contributed by atoms with Crippen LogP contribution in [-0.4, -0.2) is 28.9 Å². The van der Waals surface area contributed by atoms with Crippen LogP contribution in [0.3, 0.4) is 0 Å². The summed E-state index contributed by atoms with van der Waals surface area (Å²) >= 11 is 0. The van der Waals surface area contributed by atoms with Crippen molar-refractivity contribution in [3.8, 4) is 0 Å². The molecular weight excluding hydrogens is 368 g/mol. The summed E-state index contributed by atoms with van der Waals surface area (Å²) in [7, 11) is 0. The van der Waals surface area contributed by atoms with Crippen LogP contribution in [0, 0.1) is 17.8 Å². The highest BCUT2D eigenvalue weighted by molar-refractivity contribution is 5.85. The van der Waals surface area contributed by atoms with Gasteiger partial charge in [-0.25, -0.2) is 0 Å². The average Bonchev–Trinajstić information content (AvgIpc) is 3.02. The number of rotatable bonds is 14. The van der Waals surface area contributed by atoms with Crippen LogP contribution in [0.4, 0.5) is 0 Å². The van der Waals surface area contributed by atoms with Gasteiger partial charge in [-0.3, -0.25) is 14.4 Å². The Morgan fingerprint density at radius 1 is 1.17 bits per heavy atom. The fraction of sp³-hybridized carbons (Fsp3) is 0.708. The predicted molar refractivity (Wildman–Crippen MR) is 114 cm³/mol. The summed E-state index contributed by atoms with van der Waals surface area (Å²) in [5, 5.41) is 9.54. The number of allylic oxidation sites excluding steroid dienone is 4. The molecule has 1 fully saturated rings. The van der Waals surface area contributed by atoms with Crippen LogP contribution in [0.25, 0.3) is 0 Å². The second-order valence-corrected chi connectivity index (χ2v) is 8.10. The van der Waals surface area contributed by atoms with E-state index in [1.165, 1.54) is 25.7 Å². The number of carbonyl (C=O) groups is 3. The molecule has 0 aromatic rings. The summed E-state index contributed by atoms with van der Waals surface area (Å²) in [4.78, 5) is 34.9. The molecule has 29 heavy (non-hydrogen) atoms. The first kappa shape index (κ1) is 25.3. The molecule has 0 bridgehead atoms. The van der Waals surface area contributed by atoms with E-state index < -0.39 is 24.0 Å². The lowest BCUT2D eigenvalue weighted by Crippen LogP contribution is -2.30. The molecule has 0 aromatic heterocycles. The van der Waals surface area contributed by atoms with Crippen molar-refractivity contribution in [2.24, 2.45) is 17.8 Å². The summed E-state index contributed by atoms with van der Waals surface area (Å²) in [6, 6.07) is 0. The molecule has 0 spiro atoms. The minimum Gasteiger partial charge on any atom is -0.428 e. The topological polar surface area (TPSA) is 80.7 Å². The van der Waals surface area contributed by atoms with E-state index >= 15 is 0 Å². The first-order valence-electron chi connectivity index (χ1n) is 11.1. The van der Waals surface area contributed by atoms with Gasteiger partial charge in [0.1, 0.15) is 5.78 Å². The molecule has 1 rings (SSSR count). The Morgan fingerprint density at radius 3 is 2.62 bits per heavy atom. The number of hydrogen-bond acceptors (Lipinski definition) is 5. The van der Waals surface area contributed by atoms with Crippen LogP contribution in [0.2, 0.25) is 0 Å². The minimum atomic E-state index is -1.68. The number of aliphatic hydroxyl groups is 1. The Kier molecular flexibility index (Phi) is 12.4. The van der Waals surface area contributed by atoms with E-state index in [1.54, 1.807) is 6.92 Å². The summed E-state index contributed by atoms with van der Waals surface area (Å²) in [5.41, 5.74) is 0.